The van der Waals surface area contributed by atoms with Crippen LogP contribution in [-0.4, -0.2) is 25.5 Å². The molecular weight excluding hydrogens is 180 g/mol. The zero-order valence-electron chi connectivity index (χ0n) is 8.27. The highest BCUT2D eigenvalue weighted by atomic mass is 16.1. The number of hydrogen-bond acceptors (Lipinski definition) is 4. The second-order valence-corrected chi connectivity index (χ2v) is 3.19. The van der Waals surface area contributed by atoms with Crippen molar-refractivity contribution in [3.63, 3.8) is 0 Å². The third-order valence-electron chi connectivity index (χ3n) is 2.08. The lowest BCUT2D eigenvalue weighted by atomic mass is 10.3. The predicted octanol–water partition coefficient (Wildman–Crippen LogP) is 0.874. The molecule has 2 aromatic heterocycles. The van der Waals surface area contributed by atoms with Crippen molar-refractivity contribution in [2.75, 3.05) is 0 Å². The van der Waals surface area contributed by atoms with Crippen molar-refractivity contribution in [2.24, 2.45) is 7.05 Å². The maximum absolute atomic E-state index is 11.1. The zero-order chi connectivity index (χ0) is 10.3. The summed E-state index contributed by atoms with van der Waals surface area (Å²) in [4.78, 5) is 19.2. The van der Waals surface area contributed by atoms with Crippen LogP contribution in [0.1, 0.15) is 23.2 Å². The lowest BCUT2D eigenvalue weighted by Crippen LogP contribution is -2.01. The number of hydrogen-bond donors (Lipinski definition) is 0. The maximum Gasteiger partial charge on any atom is 0.196 e. The molecule has 0 amide bonds. The molecule has 72 valence electrons. The summed E-state index contributed by atoms with van der Waals surface area (Å²) < 4.78 is 1.70. The van der Waals surface area contributed by atoms with Gasteiger partial charge in [0.25, 0.3) is 0 Å². The van der Waals surface area contributed by atoms with Gasteiger partial charge >= 0.3 is 0 Å². The van der Waals surface area contributed by atoms with E-state index in [4.69, 9.17) is 0 Å². The lowest BCUT2D eigenvalue weighted by Gasteiger charge is -1.95. The summed E-state index contributed by atoms with van der Waals surface area (Å²) in [5.41, 5.74) is 2.40. The standard InChI is InChI=1S/C9H10N4O/c1-5-8-7(13(3)12-5)4-10-9(11-8)6(2)14/h4H,1-3H3. The fourth-order valence-electron chi connectivity index (χ4n) is 1.37. The van der Waals surface area contributed by atoms with E-state index < -0.39 is 0 Å². The SMILES string of the molecule is CC(=O)c1ncc2c(n1)c(C)nn2C. The third kappa shape index (κ3) is 1.17. The summed E-state index contributed by atoms with van der Waals surface area (Å²) in [5.74, 6) is 0.115. The van der Waals surface area contributed by atoms with Gasteiger partial charge in [-0.15, -0.1) is 0 Å². The molecule has 0 unspecified atom stereocenters. The number of ketones is 1. The molecule has 0 aliphatic carbocycles. The van der Waals surface area contributed by atoms with Gasteiger partial charge in [0.05, 0.1) is 11.9 Å². The van der Waals surface area contributed by atoms with Crippen molar-refractivity contribution in [3.05, 3.63) is 17.7 Å². The molecule has 0 aliphatic rings. The highest BCUT2D eigenvalue weighted by molar-refractivity contribution is 5.92. The first kappa shape index (κ1) is 8.80. The molecule has 0 atom stereocenters. The number of carbonyl (C=O) groups is 1. The van der Waals surface area contributed by atoms with Crippen molar-refractivity contribution >= 4 is 16.8 Å². The van der Waals surface area contributed by atoms with Crippen LogP contribution in [0.5, 0.6) is 0 Å². The van der Waals surface area contributed by atoms with E-state index in [-0.39, 0.29) is 11.6 Å². The van der Waals surface area contributed by atoms with Crippen LogP contribution in [0.15, 0.2) is 6.20 Å². The Morgan fingerprint density at radius 1 is 1.50 bits per heavy atom. The topological polar surface area (TPSA) is 60.7 Å². The minimum atomic E-state index is -0.129. The molecule has 0 radical (unpaired) electrons. The number of carbonyl (C=O) groups excluding carboxylic acids is 1. The van der Waals surface area contributed by atoms with E-state index in [9.17, 15) is 4.79 Å². The van der Waals surface area contributed by atoms with Gasteiger partial charge < -0.3 is 0 Å². The van der Waals surface area contributed by atoms with Crippen LogP contribution in [0, 0.1) is 6.92 Å². The average Bonchev–Trinajstić information content (AvgIpc) is 2.42. The number of Topliss-reactive ketones (excluding diaryl/α,β-unsaturated/α-hetero) is 1. The van der Waals surface area contributed by atoms with Crippen LogP contribution < -0.4 is 0 Å². The summed E-state index contributed by atoms with van der Waals surface area (Å²) >= 11 is 0. The molecule has 0 saturated heterocycles. The number of aryl methyl sites for hydroxylation is 2. The van der Waals surface area contributed by atoms with E-state index >= 15 is 0 Å². The Hall–Kier alpha value is -1.78. The second-order valence-electron chi connectivity index (χ2n) is 3.19. The van der Waals surface area contributed by atoms with Crippen LogP contribution >= 0.6 is 0 Å². The van der Waals surface area contributed by atoms with Gasteiger partial charge in [-0.2, -0.15) is 5.10 Å². The summed E-state index contributed by atoms with van der Waals surface area (Å²) in [6.07, 6.45) is 1.62. The first-order chi connectivity index (χ1) is 6.59. The molecule has 14 heavy (non-hydrogen) atoms. The Balaban J connectivity index is 2.77. The smallest absolute Gasteiger partial charge is 0.196 e. The van der Waals surface area contributed by atoms with Gasteiger partial charge in [0.1, 0.15) is 11.0 Å². The molecule has 0 saturated carbocycles. The number of nitrogens with zero attached hydrogens (tertiary/aromatic N) is 4. The van der Waals surface area contributed by atoms with Crippen molar-refractivity contribution in [1.82, 2.24) is 19.7 Å². The normalized spacial score (nSPS) is 10.8. The second kappa shape index (κ2) is 2.87. The van der Waals surface area contributed by atoms with Crippen molar-refractivity contribution in [1.29, 1.82) is 0 Å². The van der Waals surface area contributed by atoms with Crippen molar-refractivity contribution in [2.45, 2.75) is 13.8 Å². The maximum atomic E-state index is 11.1. The minimum absolute atomic E-state index is 0.129. The molecular formula is C9H10N4O. The third-order valence-corrected chi connectivity index (χ3v) is 2.08. The monoisotopic (exact) mass is 190 g/mol. The largest absolute Gasteiger partial charge is 0.291 e. The van der Waals surface area contributed by atoms with Gasteiger partial charge in [0, 0.05) is 14.0 Å². The first-order valence-corrected chi connectivity index (χ1v) is 4.27. The van der Waals surface area contributed by atoms with Crippen LogP contribution in [0.4, 0.5) is 0 Å². The molecule has 0 bridgehead atoms. The van der Waals surface area contributed by atoms with Gasteiger partial charge in [-0.25, -0.2) is 9.97 Å². The molecule has 2 heterocycles. The van der Waals surface area contributed by atoms with Crippen LogP contribution in [0.2, 0.25) is 0 Å². The minimum Gasteiger partial charge on any atom is -0.291 e. The number of aromatic nitrogens is 4. The van der Waals surface area contributed by atoms with Gasteiger partial charge in [0.15, 0.2) is 11.6 Å². The van der Waals surface area contributed by atoms with E-state index in [0.717, 1.165) is 16.7 Å². The van der Waals surface area contributed by atoms with E-state index in [2.05, 4.69) is 15.1 Å². The molecule has 0 fully saturated rings. The Morgan fingerprint density at radius 2 is 2.21 bits per heavy atom. The summed E-state index contributed by atoms with van der Waals surface area (Å²) in [6, 6.07) is 0. The molecule has 2 aromatic rings. The van der Waals surface area contributed by atoms with Crippen molar-refractivity contribution in [3.8, 4) is 0 Å². The molecule has 0 spiro atoms. The molecule has 5 nitrogen and oxygen atoms in total. The van der Waals surface area contributed by atoms with Crippen LogP contribution in [0.3, 0.4) is 0 Å². The molecule has 0 aromatic carbocycles. The van der Waals surface area contributed by atoms with Crippen LogP contribution in [-0.2, 0) is 7.05 Å². The highest BCUT2D eigenvalue weighted by Crippen LogP contribution is 2.13. The lowest BCUT2D eigenvalue weighted by molar-refractivity contribution is 0.100. The summed E-state index contributed by atoms with van der Waals surface area (Å²) in [6.45, 7) is 3.31. The quantitative estimate of drug-likeness (QED) is 0.626. The Bertz CT molecular complexity index is 515. The summed E-state index contributed by atoms with van der Waals surface area (Å²) in [5, 5.41) is 4.19. The van der Waals surface area contributed by atoms with E-state index in [0.29, 0.717) is 0 Å². The Kier molecular flexibility index (Phi) is 1.80. The van der Waals surface area contributed by atoms with E-state index in [1.807, 2.05) is 14.0 Å². The molecule has 0 N–H and O–H groups in total. The van der Waals surface area contributed by atoms with Crippen molar-refractivity contribution < 1.29 is 4.79 Å². The van der Waals surface area contributed by atoms with Gasteiger partial charge in [0.2, 0.25) is 0 Å². The van der Waals surface area contributed by atoms with Gasteiger partial charge in [-0.1, -0.05) is 0 Å². The molecule has 0 aliphatic heterocycles. The average molecular weight is 190 g/mol. The zero-order valence-corrected chi connectivity index (χ0v) is 8.27. The van der Waals surface area contributed by atoms with Crippen LogP contribution in [0.25, 0.3) is 11.0 Å². The van der Waals surface area contributed by atoms with E-state index in [1.54, 1.807) is 10.9 Å². The molecule has 2 rings (SSSR count). The predicted molar refractivity (Wildman–Crippen MR) is 51.0 cm³/mol. The number of fused-ring (bicyclic) bond motifs is 1. The number of rotatable bonds is 1. The fraction of sp³-hybridized carbons (Fsp3) is 0.333. The first-order valence-electron chi connectivity index (χ1n) is 4.27. The van der Waals surface area contributed by atoms with Gasteiger partial charge in [-0.3, -0.25) is 9.48 Å². The highest BCUT2D eigenvalue weighted by Gasteiger charge is 2.10. The molecule has 5 heteroatoms. The summed E-state index contributed by atoms with van der Waals surface area (Å²) in [7, 11) is 1.83. The van der Waals surface area contributed by atoms with Gasteiger partial charge in [-0.05, 0) is 6.92 Å². The Labute approximate surface area is 80.8 Å². The van der Waals surface area contributed by atoms with E-state index in [1.165, 1.54) is 6.92 Å². The fourth-order valence-corrected chi connectivity index (χ4v) is 1.37. The Morgan fingerprint density at radius 3 is 2.86 bits per heavy atom.